The minimum absolute atomic E-state index is 0.0105. The molecule has 140 valence electrons. The van der Waals surface area contributed by atoms with E-state index >= 15 is 0 Å². The van der Waals surface area contributed by atoms with Crippen molar-refractivity contribution in [1.82, 2.24) is 5.32 Å². The summed E-state index contributed by atoms with van der Waals surface area (Å²) in [7, 11) is 2.03. The molecule has 0 saturated carbocycles. The van der Waals surface area contributed by atoms with E-state index in [0.29, 0.717) is 12.6 Å². The van der Waals surface area contributed by atoms with Crippen LogP contribution >= 0.6 is 0 Å². The van der Waals surface area contributed by atoms with E-state index in [4.69, 9.17) is 4.74 Å². The van der Waals surface area contributed by atoms with Crippen LogP contribution in [0.25, 0.3) is 0 Å². The van der Waals surface area contributed by atoms with Crippen LogP contribution in [0.2, 0.25) is 0 Å². The van der Waals surface area contributed by atoms with Crippen LogP contribution < -0.4 is 15.1 Å². The Bertz CT molecular complexity index is 528. The summed E-state index contributed by atoms with van der Waals surface area (Å²) in [6, 6.07) is 8.87. The van der Waals surface area contributed by atoms with Crippen LogP contribution in [0.3, 0.4) is 0 Å². The highest BCUT2D eigenvalue weighted by Crippen LogP contribution is 2.26. The van der Waals surface area contributed by atoms with Gasteiger partial charge in [0.05, 0.1) is 6.54 Å². The average Bonchev–Trinajstić information content (AvgIpc) is 3.02. The maximum atomic E-state index is 12.0. The molecule has 2 rings (SSSR count). The second kappa shape index (κ2) is 9.66. The summed E-state index contributed by atoms with van der Waals surface area (Å²) >= 11 is 0. The lowest BCUT2D eigenvalue weighted by Crippen LogP contribution is -2.32. The normalized spacial score (nSPS) is 18.3. The molecule has 1 heterocycles. The molecule has 0 aliphatic carbocycles. The van der Waals surface area contributed by atoms with Crippen molar-refractivity contribution in [2.24, 2.45) is 0 Å². The van der Waals surface area contributed by atoms with Gasteiger partial charge in [0.2, 0.25) is 0 Å². The molecular weight excluding hydrogens is 314 g/mol. The zero-order valence-corrected chi connectivity index (χ0v) is 16.1. The van der Waals surface area contributed by atoms with E-state index < -0.39 is 0 Å². The molecule has 1 N–H and O–H groups in total. The van der Waals surface area contributed by atoms with E-state index in [1.165, 1.54) is 5.69 Å². The van der Waals surface area contributed by atoms with Crippen molar-refractivity contribution in [3.05, 3.63) is 24.3 Å². The first kappa shape index (κ1) is 19.6. The van der Waals surface area contributed by atoms with E-state index in [0.717, 1.165) is 44.5 Å². The van der Waals surface area contributed by atoms with Gasteiger partial charge in [0.15, 0.2) is 0 Å². The van der Waals surface area contributed by atoms with Gasteiger partial charge in [0.1, 0.15) is 6.10 Å². The highest BCUT2D eigenvalue weighted by molar-refractivity contribution is 5.89. The number of carbonyl (C=O) groups is 1. The largest absolute Gasteiger partial charge is 0.444 e. The average molecular weight is 348 g/mol. The SMILES string of the molecule is CCCN(CCC(CC)NC)c1ccc(N2CC(CC)OC2=O)cc1. The Labute approximate surface area is 152 Å². The van der Waals surface area contributed by atoms with Crippen LogP contribution in [0.5, 0.6) is 0 Å². The van der Waals surface area contributed by atoms with E-state index in [9.17, 15) is 4.79 Å². The number of amides is 1. The second-order valence-electron chi connectivity index (χ2n) is 6.71. The Morgan fingerprint density at radius 3 is 2.48 bits per heavy atom. The lowest BCUT2D eigenvalue weighted by molar-refractivity contribution is 0.139. The molecule has 5 nitrogen and oxygen atoms in total. The Morgan fingerprint density at radius 2 is 1.96 bits per heavy atom. The van der Waals surface area contributed by atoms with Crippen molar-refractivity contribution < 1.29 is 9.53 Å². The van der Waals surface area contributed by atoms with Gasteiger partial charge in [0, 0.05) is 30.5 Å². The van der Waals surface area contributed by atoms with Crippen molar-refractivity contribution in [2.45, 2.75) is 58.6 Å². The third-order valence-electron chi connectivity index (χ3n) is 5.00. The number of cyclic esters (lactones) is 1. The molecule has 1 aromatic carbocycles. The minimum atomic E-state index is -0.232. The highest BCUT2D eigenvalue weighted by Gasteiger charge is 2.31. The van der Waals surface area contributed by atoms with Gasteiger partial charge >= 0.3 is 6.09 Å². The van der Waals surface area contributed by atoms with Gasteiger partial charge in [-0.25, -0.2) is 4.79 Å². The summed E-state index contributed by atoms with van der Waals surface area (Å²) < 4.78 is 5.35. The summed E-state index contributed by atoms with van der Waals surface area (Å²) in [6.45, 7) is 9.20. The molecule has 1 saturated heterocycles. The Kier molecular flexibility index (Phi) is 7.56. The number of ether oxygens (including phenoxy) is 1. The molecule has 5 heteroatoms. The first-order valence-corrected chi connectivity index (χ1v) is 9.63. The molecule has 2 atom stereocenters. The smallest absolute Gasteiger partial charge is 0.414 e. The van der Waals surface area contributed by atoms with Gasteiger partial charge in [-0.1, -0.05) is 20.8 Å². The van der Waals surface area contributed by atoms with E-state index in [1.807, 2.05) is 26.1 Å². The first-order chi connectivity index (χ1) is 12.1. The molecular formula is C20H33N3O2. The van der Waals surface area contributed by atoms with Crippen LogP contribution in [0.4, 0.5) is 16.2 Å². The Morgan fingerprint density at radius 1 is 1.24 bits per heavy atom. The topological polar surface area (TPSA) is 44.8 Å². The first-order valence-electron chi connectivity index (χ1n) is 9.63. The number of nitrogens with zero attached hydrogens (tertiary/aromatic N) is 2. The summed E-state index contributed by atoms with van der Waals surface area (Å²) in [5.41, 5.74) is 2.14. The number of hydrogen-bond acceptors (Lipinski definition) is 4. The van der Waals surface area contributed by atoms with E-state index in [2.05, 4.69) is 36.2 Å². The second-order valence-corrected chi connectivity index (χ2v) is 6.71. The molecule has 1 aromatic rings. The molecule has 0 radical (unpaired) electrons. The lowest BCUT2D eigenvalue weighted by Gasteiger charge is -2.27. The van der Waals surface area contributed by atoms with E-state index in [1.54, 1.807) is 4.90 Å². The monoisotopic (exact) mass is 347 g/mol. The Hall–Kier alpha value is -1.75. The third kappa shape index (κ3) is 5.11. The number of carbonyl (C=O) groups excluding carboxylic acids is 1. The fourth-order valence-corrected chi connectivity index (χ4v) is 3.29. The van der Waals surface area contributed by atoms with Crippen LogP contribution in [0.15, 0.2) is 24.3 Å². The number of anilines is 2. The molecule has 1 fully saturated rings. The fourth-order valence-electron chi connectivity index (χ4n) is 3.29. The summed E-state index contributed by atoms with van der Waals surface area (Å²) in [5.74, 6) is 0. The van der Waals surface area contributed by atoms with Crippen molar-refractivity contribution in [2.75, 3.05) is 36.5 Å². The molecule has 0 aromatic heterocycles. The number of hydrogen-bond donors (Lipinski definition) is 1. The van der Waals surface area contributed by atoms with Crippen LogP contribution in [-0.2, 0) is 4.74 Å². The van der Waals surface area contributed by atoms with Crippen molar-refractivity contribution >= 4 is 17.5 Å². The standard InChI is InChI=1S/C20H33N3O2/c1-5-13-22(14-12-16(6-2)21-4)17-8-10-18(11-9-17)23-15-19(7-3)25-20(23)24/h8-11,16,19,21H,5-7,12-15H2,1-4H3. The van der Waals surface area contributed by atoms with Crippen molar-refractivity contribution in [3.63, 3.8) is 0 Å². The highest BCUT2D eigenvalue weighted by atomic mass is 16.6. The van der Waals surface area contributed by atoms with Crippen LogP contribution in [-0.4, -0.2) is 44.9 Å². The zero-order chi connectivity index (χ0) is 18.2. The van der Waals surface area contributed by atoms with Gasteiger partial charge < -0.3 is 15.0 Å². The van der Waals surface area contributed by atoms with Gasteiger partial charge in [-0.3, -0.25) is 4.90 Å². The molecule has 1 aliphatic rings. The summed E-state index contributed by atoms with van der Waals surface area (Å²) in [6.07, 6.45) is 4.03. The molecule has 2 unspecified atom stereocenters. The molecule has 0 bridgehead atoms. The maximum Gasteiger partial charge on any atom is 0.414 e. The van der Waals surface area contributed by atoms with Gasteiger partial charge in [-0.05, 0) is 57.0 Å². The quantitative estimate of drug-likeness (QED) is 0.694. The maximum absolute atomic E-state index is 12.0. The van der Waals surface area contributed by atoms with E-state index in [-0.39, 0.29) is 12.2 Å². The predicted octanol–water partition coefficient (Wildman–Crippen LogP) is 4.03. The summed E-state index contributed by atoms with van der Waals surface area (Å²) in [4.78, 5) is 16.2. The molecule has 1 aliphatic heterocycles. The number of benzene rings is 1. The summed E-state index contributed by atoms with van der Waals surface area (Å²) in [5, 5.41) is 3.38. The predicted molar refractivity (Wildman–Crippen MR) is 105 cm³/mol. The molecule has 25 heavy (non-hydrogen) atoms. The van der Waals surface area contributed by atoms with Gasteiger partial charge in [-0.15, -0.1) is 0 Å². The minimum Gasteiger partial charge on any atom is -0.444 e. The number of rotatable bonds is 10. The lowest BCUT2D eigenvalue weighted by atomic mass is 10.1. The van der Waals surface area contributed by atoms with Crippen molar-refractivity contribution in [3.8, 4) is 0 Å². The van der Waals surface area contributed by atoms with Crippen molar-refractivity contribution in [1.29, 1.82) is 0 Å². The van der Waals surface area contributed by atoms with Gasteiger partial charge in [-0.2, -0.15) is 0 Å². The molecule has 0 spiro atoms. The zero-order valence-electron chi connectivity index (χ0n) is 16.1. The number of nitrogens with one attached hydrogen (secondary N) is 1. The molecule has 1 amide bonds. The van der Waals surface area contributed by atoms with Gasteiger partial charge in [0.25, 0.3) is 0 Å². The Balaban J connectivity index is 2.03. The fraction of sp³-hybridized carbons (Fsp3) is 0.650. The van der Waals surface area contributed by atoms with Crippen LogP contribution in [0, 0.1) is 0 Å². The van der Waals surface area contributed by atoms with Crippen LogP contribution in [0.1, 0.15) is 46.5 Å². The third-order valence-corrected chi connectivity index (χ3v) is 5.00.